The zero-order valence-electron chi connectivity index (χ0n) is 8.85. The van der Waals surface area contributed by atoms with Crippen LogP contribution in [0.3, 0.4) is 0 Å². The van der Waals surface area contributed by atoms with Crippen LogP contribution in [0, 0.1) is 0 Å². The van der Waals surface area contributed by atoms with E-state index in [2.05, 4.69) is 12.2 Å². The highest BCUT2D eigenvalue weighted by Gasteiger charge is 2.12. The molecule has 1 atom stereocenters. The van der Waals surface area contributed by atoms with Gasteiger partial charge in [-0.2, -0.15) is 0 Å². The van der Waals surface area contributed by atoms with Crippen molar-refractivity contribution in [2.24, 2.45) is 0 Å². The summed E-state index contributed by atoms with van der Waals surface area (Å²) in [6, 6.07) is 0. The molecular weight excluding hydrogens is 162 g/mol. The molecular formula is C11H23NO. The molecule has 2 nitrogen and oxygen atoms in total. The van der Waals surface area contributed by atoms with E-state index in [0.29, 0.717) is 6.10 Å². The Labute approximate surface area is 82.0 Å². The topological polar surface area (TPSA) is 21.3 Å². The van der Waals surface area contributed by atoms with Gasteiger partial charge in [0.05, 0.1) is 6.10 Å². The van der Waals surface area contributed by atoms with Gasteiger partial charge >= 0.3 is 0 Å². The minimum Gasteiger partial charge on any atom is -0.378 e. The third kappa shape index (κ3) is 5.27. The predicted octanol–water partition coefficient (Wildman–Crippen LogP) is 2.34. The molecule has 0 aromatic rings. The molecule has 1 fully saturated rings. The number of hydrogen-bond donors (Lipinski definition) is 1. The van der Waals surface area contributed by atoms with Gasteiger partial charge in [0.1, 0.15) is 0 Å². The first-order chi connectivity index (χ1) is 6.43. The van der Waals surface area contributed by atoms with Gasteiger partial charge in [-0.3, -0.25) is 0 Å². The van der Waals surface area contributed by atoms with Crippen LogP contribution in [0.2, 0.25) is 0 Å². The summed E-state index contributed by atoms with van der Waals surface area (Å²) in [5, 5.41) is 3.42. The van der Waals surface area contributed by atoms with Crippen LogP contribution in [0.25, 0.3) is 0 Å². The zero-order valence-corrected chi connectivity index (χ0v) is 8.85. The maximum atomic E-state index is 5.66. The normalized spacial score (nSPS) is 23.3. The van der Waals surface area contributed by atoms with Gasteiger partial charge in [0.15, 0.2) is 0 Å². The van der Waals surface area contributed by atoms with Crippen molar-refractivity contribution >= 4 is 0 Å². The smallest absolute Gasteiger partial charge is 0.0575 e. The van der Waals surface area contributed by atoms with E-state index >= 15 is 0 Å². The van der Waals surface area contributed by atoms with Gasteiger partial charge < -0.3 is 10.1 Å². The van der Waals surface area contributed by atoms with Crippen LogP contribution < -0.4 is 5.32 Å². The van der Waals surface area contributed by atoms with Crippen molar-refractivity contribution in [2.45, 2.75) is 51.6 Å². The second-order valence-electron chi connectivity index (χ2n) is 3.88. The van der Waals surface area contributed by atoms with Gasteiger partial charge in [0, 0.05) is 6.61 Å². The largest absolute Gasteiger partial charge is 0.378 e. The SMILES string of the molecule is CCCNCCCC1CCCCO1. The Morgan fingerprint density at radius 1 is 1.31 bits per heavy atom. The lowest BCUT2D eigenvalue weighted by molar-refractivity contribution is 0.0102. The molecule has 1 aliphatic rings. The molecule has 1 heterocycles. The Hall–Kier alpha value is -0.0800. The molecule has 0 radical (unpaired) electrons. The summed E-state index contributed by atoms with van der Waals surface area (Å²) in [7, 11) is 0. The predicted molar refractivity (Wildman–Crippen MR) is 56.0 cm³/mol. The first kappa shape index (κ1) is 11.0. The van der Waals surface area contributed by atoms with Crippen LogP contribution in [0.5, 0.6) is 0 Å². The summed E-state index contributed by atoms with van der Waals surface area (Å²) in [5.41, 5.74) is 0. The minimum absolute atomic E-state index is 0.567. The Morgan fingerprint density at radius 2 is 2.23 bits per heavy atom. The first-order valence-corrected chi connectivity index (χ1v) is 5.76. The molecule has 0 aromatic heterocycles. The van der Waals surface area contributed by atoms with E-state index in [1.807, 2.05) is 0 Å². The summed E-state index contributed by atoms with van der Waals surface area (Å²) in [6.45, 7) is 5.52. The molecule has 0 aliphatic carbocycles. The standard InChI is InChI=1S/C11H23NO/c1-2-8-12-9-5-7-11-6-3-4-10-13-11/h11-12H,2-10H2,1H3. The highest BCUT2D eigenvalue weighted by Crippen LogP contribution is 2.16. The molecule has 0 saturated carbocycles. The molecule has 1 saturated heterocycles. The Morgan fingerprint density at radius 3 is 2.92 bits per heavy atom. The van der Waals surface area contributed by atoms with Crippen molar-refractivity contribution in [2.75, 3.05) is 19.7 Å². The molecule has 0 aromatic carbocycles. The summed E-state index contributed by atoms with van der Waals surface area (Å²) < 4.78 is 5.66. The van der Waals surface area contributed by atoms with Gasteiger partial charge in [-0.05, 0) is 51.6 Å². The van der Waals surface area contributed by atoms with E-state index in [1.54, 1.807) is 0 Å². The highest BCUT2D eigenvalue weighted by molar-refractivity contribution is 4.64. The van der Waals surface area contributed by atoms with Crippen LogP contribution in [0.15, 0.2) is 0 Å². The quantitative estimate of drug-likeness (QED) is 0.641. The van der Waals surface area contributed by atoms with Gasteiger partial charge in [0.2, 0.25) is 0 Å². The fraction of sp³-hybridized carbons (Fsp3) is 1.00. The van der Waals surface area contributed by atoms with Gasteiger partial charge in [0.25, 0.3) is 0 Å². The molecule has 78 valence electrons. The fourth-order valence-electron chi connectivity index (χ4n) is 1.79. The van der Waals surface area contributed by atoms with Crippen LogP contribution in [0.4, 0.5) is 0 Å². The Bertz CT molecular complexity index is 111. The molecule has 0 bridgehead atoms. The van der Waals surface area contributed by atoms with Crippen LogP contribution >= 0.6 is 0 Å². The van der Waals surface area contributed by atoms with Crippen molar-refractivity contribution in [1.29, 1.82) is 0 Å². The van der Waals surface area contributed by atoms with Crippen molar-refractivity contribution in [3.63, 3.8) is 0 Å². The fourth-order valence-corrected chi connectivity index (χ4v) is 1.79. The summed E-state index contributed by atoms with van der Waals surface area (Å²) in [6.07, 6.45) is 8.24. The van der Waals surface area contributed by atoms with Crippen molar-refractivity contribution in [3.8, 4) is 0 Å². The molecule has 13 heavy (non-hydrogen) atoms. The third-order valence-corrected chi connectivity index (χ3v) is 2.58. The lowest BCUT2D eigenvalue weighted by atomic mass is 10.0. The maximum absolute atomic E-state index is 5.66. The van der Waals surface area contributed by atoms with E-state index in [9.17, 15) is 0 Å². The summed E-state index contributed by atoms with van der Waals surface area (Å²) in [4.78, 5) is 0. The molecule has 1 unspecified atom stereocenters. The Kier molecular flexibility index (Phi) is 6.21. The average Bonchev–Trinajstić information content (AvgIpc) is 2.19. The maximum Gasteiger partial charge on any atom is 0.0575 e. The molecule has 1 aliphatic heterocycles. The lowest BCUT2D eigenvalue weighted by Crippen LogP contribution is -2.22. The first-order valence-electron chi connectivity index (χ1n) is 5.76. The second kappa shape index (κ2) is 7.34. The van der Waals surface area contributed by atoms with Gasteiger partial charge in [-0.1, -0.05) is 6.92 Å². The third-order valence-electron chi connectivity index (χ3n) is 2.58. The highest BCUT2D eigenvalue weighted by atomic mass is 16.5. The van der Waals surface area contributed by atoms with E-state index in [-0.39, 0.29) is 0 Å². The van der Waals surface area contributed by atoms with Crippen LogP contribution in [-0.2, 0) is 4.74 Å². The van der Waals surface area contributed by atoms with Crippen LogP contribution in [0.1, 0.15) is 45.4 Å². The van der Waals surface area contributed by atoms with E-state index in [4.69, 9.17) is 4.74 Å². The average molecular weight is 185 g/mol. The van der Waals surface area contributed by atoms with Crippen molar-refractivity contribution in [3.05, 3.63) is 0 Å². The summed E-state index contributed by atoms with van der Waals surface area (Å²) in [5.74, 6) is 0. The Balaban J connectivity index is 1.86. The second-order valence-corrected chi connectivity index (χ2v) is 3.88. The van der Waals surface area contributed by atoms with E-state index in [0.717, 1.165) is 19.7 Å². The van der Waals surface area contributed by atoms with Crippen molar-refractivity contribution in [1.82, 2.24) is 5.32 Å². The lowest BCUT2D eigenvalue weighted by Gasteiger charge is -2.22. The zero-order chi connectivity index (χ0) is 9.36. The van der Waals surface area contributed by atoms with E-state index in [1.165, 1.54) is 38.5 Å². The van der Waals surface area contributed by atoms with Crippen molar-refractivity contribution < 1.29 is 4.74 Å². The van der Waals surface area contributed by atoms with E-state index < -0.39 is 0 Å². The molecule has 1 N–H and O–H groups in total. The molecule has 2 heteroatoms. The monoisotopic (exact) mass is 185 g/mol. The number of rotatable bonds is 6. The van der Waals surface area contributed by atoms with Gasteiger partial charge in [-0.25, -0.2) is 0 Å². The number of nitrogens with one attached hydrogen (secondary N) is 1. The molecule has 0 spiro atoms. The van der Waals surface area contributed by atoms with Crippen LogP contribution in [-0.4, -0.2) is 25.8 Å². The summed E-state index contributed by atoms with van der Waals surface area (Å²) >= 11 is 0. The molecule has 1 rings (SSSR count). The number of ether oxygens (including phenoxy) is 1. The minimum atomic E-state index is 0.567. The number of hydrogen-bond acceptors (Lipinski definition) is 2. The molecule has 0 amide bonds. The van der Waals surface area contributed by atoms with Gasteiger partial charge in [-0.15, -0.1) is 0 Å².